The lowest BCUT2D eigenvalue weighted by molar-refractivity contribution is -0.481. The average Bonchev–Trinajstić information content (AvgIpc) is 2.67. The summed E-state index contributed by atoms with van der Waals surface area (Å²) in [5.74, 6) is -0.250. The predicted molar refractivity (Wildman–Crippen MR) is 68.2 cm³/mol. The summed E-state index contributed by atoms with van der Waals surface area (Å²) < 4.78 is 0. The van der Waals surface area contributed by atoms with Gasteiger partial charge in [0.2, 0.25) is 6.54 Å². The van der Waals surface area contributed by atoms with Crippen molar-refractivity contribution < 1.29 is 4.92 Å². The van der Waals surface area contributed by atoms with E-state index in [0.717, 1.165) is 22.5 Å². The minimum atomic E-state index is -0.274. The number of H-pyrrole nitrogens is 1. The molecule has 18 heavy (non-hydrogen) atoms. The number of aryl methyl sites for hydroxylation is 2. The first-order valence-electron chi connectivity index (χ1n) is 5.77. The molecule has 1 atom stereocenters. The Bertz CT molecular complexity index is 529. The minimum absolute atomic E-state index is 0.120. The van der Waals surface area contributed by atoms with E-state index in [0.29, 0.717) is 0 Å². The molecule has 5 heteroatoms. The molecular weight excluding hydrogens is 230 g/mol. The minimum Gasteiger partial charge on any atom is -0.282 e. The molecule has 0 saturated heterocycles. The Morgan fingerprint density at radius 1 is 1.33 bits per heavy atom. The van der Waals surface area contributed by atoms with E-state index in [4.69, 9.17) is 0 Å². The second-order valence-electron chi connectivity index (χ2n) is 4.33. The summed E-state index contributed by atoms with van der Waals surface area (Å²) in [5, 5.41) is 17.9. The van der Waals surface area contributed by atoms with E-state index in [1.54, 1.807) is 0 Å². The Morgan fingerprint density at radius 2 is 2.00 bits per heavy atom. The van der Waals surface area contributed by atoms with Crippen molar-refractivity contribution in [3.05, 3.63) is 63.0 Å². The van der Waals surface area contributed by atoms with Gasteiger partial charge in [0.25, 0.3) is 0 Å². The maximum absolute atomic E-state index is 10.9. The highest BCUT2D eigenvalue weighted by molar-refractivity contribution is 5.37. The van der Waals surface area contributed by atoms with Crippen molar-refractivity contribution in [2.45, 2.75) is 19.8 Å². The zero-order chi connectivity index (χ0) is 13.1. The Labute approximate surface area is 105 Å². The van der Waals surface area contributed by atoms with Crippen LogP contribution in [0.2, 0.25) is 0 Å². The van der Waals surface area contributed by atoms with Crippen molar-refractivity contribution in [2.24, 2.45) is 0 Å². The molecule has 0 aliphatic heterocycles. The molecule has 0 fully saturated rings. The van der Waals surface area contributed by atoms with Crippen molar-refractivity contribution in [3.63, 3.8) is 0 Å². The molecule has 0 spiro atoms. The van der Waals surface area contributed by atoms with E-state index in [9.17, 15) is 10.1 Å². The van der Waals surface area contributed by atoms with Crippen LogP contribution in [-0.2, 0) is 0 Å². The molecule has 2 aromatic rings. The Balaban J connectivity index is 2.47. The third kappa shape index (κ3) is 2.40. The fraction of sp³-hybridized carbons (Fsp3) is 0.308. The second-order valence-corrected chi connectivity index (χ2v) is 4.33. The van der Waals surface area contributed by atoms with Gasteiger partial charge in [-0.3, -0.25) is 15.2 Å². The largest absolute Gasteiger partial charge is 0.282 e. The lowest BCUT2D eigenvalue weighted by atomic mass is 9.90. The van der Waals surface area contributed by atoms with Crippen LogP contribution in [0.1, 0.15) is 28.4 Å². The molecule has 1 aromatic carbocycles. The first kappa shape index (κ1) is 12.3. The summed E-state index contributed by atoms with van der Waals surface area (Å²) in [4.78, 5) is 10.6. The van der Waals surface area contributed by atoms with Gasteiger partial charge >= 0.3 is 0 Å². The second kappa shape index (κ2) is 5.00. The van der Waals surface area contributed by atoms with E-state index in [1.165, 1.54) is 0 Å². The number of rotatable bonds is 4. The molecule has 0 saturated carbocycles. The molecule has 1 heterocycles. The standard InChI is InChI=1S/C13H15N3O2/c1-9-13(10(2)15-14-9)12(8-16(17)18)11-6-4-3-5-7-11/h3-7,12H,8H2,1-2H3,(H,14,15). The van der Waals surface area contributed by atoms with Crippen LogP contribution < -0.4 is 0 Å². The number of aromatic amines is 1. The Morgan fingerprint density at radius 3 is 2.50 bits per heavy atom. The Hall–Kier alpha value is -2.17. The van der Waals surface area contributed by atoms with Gasteiger partial charge in [0.05, 0.1) is 11.6 Å². The lowest BCUT2D eigenvalue weighted by Crippen LogP contribution is -2.15. The maximum Gasteiger partial charge on any atom is 0.214 e. The zero-order valence-corrected chi connectivity index (χ0v) is 10.4. The van der Waals surface area contributed by atoms with Crippen LogP contribution in [0.3, 0.4) is 0 Å². The summed E-state index contributed by atoms with van der Waals surface area (Å²) in [7, 11) is 0. The number of benzene rings is 1. The van der Waals surface area contributed by atoms with Gasteiger partial charge in [-0.15, -0.1) is 0 Å². The van der Waals surface area contributed by atoms with Crippen LogP contribution in [0, 0.1) is 24.0 Å². The molecule has 2 rings (SSSR count). The first-order valence-corrected chi connectivity index (χ1v) is 5.77. The highest BCUT2D eigenvalue weighted by atomic mass is 16.6. The number of hydrogen-bond acceptors (Lipinski definition) is 3. The van der Waals surface area contributed by atoms with Gasteiger partial charge in [-0.25, -0.2) is 0 Å². The fourth-order valence-electron chi connectivity index (χ4n) is 2.27. The SMILES string of the molecule is Cc1n[nH]c(C)c1C(C[N+](=O)[O-])c1ccccc1. The van der Waals surface area contributed by atoms with Gasteiger partial charge in [-0.05, 0) is 19.4 Å². The molecule has 0 aliphatic carbocycles. The quantitative estimate of drug-likeness (QED) is 0.664. The summed E-state index contributed by atoms with van der Waals surface area (Å²) in [6, 6.07) is 9.53. The zero-order valence-electron chi connectivity index (χ0n) is 10.4. The van der Waals surface area contributed by atoms with E-state index >= 15 is 0 Å². The number of nitrogens with zero attached hydrogens (tertiary/aromatic N) is 2. The predicted octanol–water partition coefficient (Wildman–Crippen LogP) is 2.44. The highest BCUT2D eigenvalue weighted by Gasteiger charge is 2.25. The molecule has 1 aromatic heterocycles. The van der Waals surface area contributed by atoms with Crippen LogP contribution in [0.4, 0.5) is 0 Å². The van der Waals surface area contributed by atoms with E-state index < -0.39 is 0 Å². The van der Waals surface area contributed by atoms with Gasteiger partial charge in [0.1, 0.15) is 0 Å². The van der Waals surface area contributed by atoms with Gasteiger partial charge in [0, 0.05) is 16.2 Å². The molecule has 0 radical (unpaired) electrons. The summed E-state index contributed by atoms with van der Waals surface area (Å²) in [6.45, 7) is 3.64. The highest BCUT2D eigenvalue weighted by Crippen LogP contribution is 2.28. The topological polar surface area (TPSA) is 71.8 Å². The van der Waals surface area contributed by atoms with E-state index in [2.05, 4.69) is 10.2 Å². The molecule has 1 unspecified atom stereocenters. The summed E-state index contributed by atoms with van der Waals surface area (Å²) >= 11 is 0. The van der Waals surface area contributed by atoms with E-state index in [-0.39, 0.29) is 17.4 Å². The van der Waals surface area contributed by atoms with E-state index in [1.807, 2.05) is 44.2 Å². The van der Waals surface area contributed by atoms with Gasteiger partial charge in [-0.1, -0.05) is 30.3 Å². The van der Waals surface area contributed by atoms with Crippen molar-refractivity contribution in [2.75, 3.05) is 6.54 Å². The normalized spacial score (nSPS) is 12.3. The number of hydrogen-bond donors (Lipinski definition) is 1. The average molecular weight is 245 g/mol. The van der Waals surface area contributed by atoms with Gasteiger partial charge in [-0.2, -0.15) is 5.10 Å². The van der Waals surface area contributed by atoms with Crippen LogP contribution in [0.15, 0.2) is 30.3 Å². The Kier molecular flexibility index (Phi) is 3.41. The molecule has 0 amide bonds. The molecule has 0 aliphatic rings. The van der Waals surface area contributed by atoms with Crippen LogP contribution in [0.5, 0.6) is 0 Å². The monoisotopic (exact) mass is 245 g/mol. The first-order chi connectivity index (χ1) is 8.59. The number of nitro groups is 1. The molecule has 94 valence electrons. The van der Waals surface area contributed by atoms with Crippen molar-refractivity contribution in [3.8, 4) is 0 Å². The van der Waals surface area contributed by atoms with Crippen molar-refractivity contribution in [1.29, 1.82) is 0 Å². The smallest absolute Gasteiger partial charge is 0.214 e. The third-order valence-corrected chi connectivity index (χ3v) is 3.07. The number of aromatic nitrogens is 2. The van der Waals surface area contributed by atoms with Crippen LogP contribution in [-0.4, -0.2) is 21.7 Å². The molecule has 1 N–H and O–H groups in total. The fourth-order valence-corrected chi connectivity index (χ4v) is 2.27. The van der Waals surface area contributed by atoms with Gasteiger partial charge < -0.3 is 0 Å². The van der Waals surface area contributed by atoms with Crippen molar-refractivity contribution >= 4 is 0 Å². The van der Waals surface area contributed by atoms with Crippen LogP contribution >= 0.6 is 0 Å². The summed E-state index contributed by atoms with van der Waals surface area (Å²) in [6.07, 6.45) is 0. The maximum atomic E-state index is 10.9. The molecule has 5 nitrogen and oxygen atoms in total. The lowest BCUT2D eigenvalue weighted by Gasteiger charge is -2.13. The number of nitrogens with one attached hydrogen (secondary N) is 1. The third-order valence-electron chi connectivity index (χ3n) is 3.07. The van der Waals surface area contributed by atoms with Gasteiger partial charge in [0.15, 0.2) is 0 Å². The van der Waals surface area contributed by atoms with Crippen LogP contribution in [0.25, 0.3) is 0 Å². The van der Waals surface area contributed by atoms with Crippen molar-refractivity contribution in [1.82, 2.24) is 10.2 Å². The summed E-state index contributed by atoms with van der Waals surface area (Å²) in [5.41, 5.74) is 3.59. The molecular formula is C13H15N3O2. The molecule has 0 bridgehead atoms.